The van der Waals surface area contributed by atoms with Gasteiger partial charge in [0.25, 0.3) is 0 Å². The van der Waals surface area contributed by atoms with Crippen molar-refractivity contribution in [3.63, 3.8) is 0 Å². The molecular weight excluding hydrogens is 344 g/mol. The molecule has 0 heterocycles. The molecule has 27 heavy (non-hydrogen) atoms. The molecule has 0 saturated heterocycles. The number of benzene rings is 2. The number of nitrogens with zero attached hydrogens (tertiary/aromatic N) is 2. The average Bonchev–Trinajstić information content (AvgIpc) is 3.15. The van der Waals surface area contributed by atoms with Crippen molar-refractivity contribution in [2.24, 2.45) is 5.16 Å². The summed E-state index contributed by atoms with van der Waals surface area (Å²) >= 11 is 0. The number of fused-ring (bicyclic) bond motifs is 1. The van der Waals surface area contributed by atoms with E-state index in [2.05, 4.69) is 34.3 Å². The van der Waals surface area contributed by atoms with E-state index in [-0.39, 0.29) is 6.61 Å². The standard InChI is InChI=1S/C20H26N4O3/c1-14(16-9-4-7-15-8-5-10-17(15)16)22-27-13-18-19(21-23-24(2)25)11-6-12-20(18)26-3/h4,6-7,9,11-12,21,23,25H,5,8,10,13H2,1-3H3/b22-14+. The van der Waals surface area contributed by atoms with Gasteiger partial charge in [0, 0.05) is 12.6 Å². The predicted molar refractivity (Wildman–Crippen MR) is 105 cm³/mol. The van der Waals surface area contributed by atoms with Crippen LogP contribution in [0, 0.1) is 0 Å². The molecule has 3 N–H and O–H groups in total. The number of hydroxylamine groups is 1. The highest BCUT2D eigenvalue weighted by Gasteiger charge is 2.16. The van der Waals surface area contributed by atoms with Crippen molar-refractivity contribution in [3.8, 4) is 5.75 Å². The van der Waals surface area contributed by atoms with Gasteiger partial charge in [-0.3, -0.25) is 5.21 Å². The Morgan fingerprint density at radius 3 is 2.81 bits per heavy atom. The second-order valence-corrected chi connectivity index (χ2v) is 6.49. The number of hydrazine groups is 2. The second-order valence-electron chi connectivity index (χ2n) is 6.49. The van der Waals surface area contributed by atoms with E-state index in [9.17, 15) is 5.21 Å². The van der Waals surface area contributed by atoms with Gasteiger partial charge in [0.2, 0.25) is 0 Å². The van der Waals surface area contributed by atoms with Crippen LogP contribution in [-0.2, 0) is 24.3 Å². The Morgan fingerprint density at radius 1 is 1.22 bits per heavy atom. The van der Waals surface area contributed by atoms with Gasteiger partial charge in [0.1, 0.15) is 12.4 Å². The normalized spacial score (nSPS) is 13.6. The fourth-order valence-electron chi connectivity index (χ4n) is 3.37. The van der Waals surface area contributed by atoms with Crippen molar-refractivity contribution in [1.82, 2.24) is 10.7 Å². The van der Waals surface area contributed by atoms with Crippen LogP contribution in [0.5, 0.6) is 5.75 Å². The minimum absolute atomic E-state index is 0.232. The lowest BCUT2D eigenvalue weighted by atomic mass is 10.0. The van der Waals surface area contributed by atoms with Crippen LogP contribution >= 0.6 is 0 Å². The topological polar surface area (TPSA) is 78.4 Å². The van der Waals surface area contributed by atoms with Gasteiger partial charge in [-0.2, -0.15) is 0 Å². The van der Waals surface area contributed by atoms with Crippen LogP contribution in [0.1, 0.15) is 35.6 Å². The molecule has 0 fully saturated rings. The van der Waals surface area contributed by atoms with Gasteiger partial charge in [-0.1, -0.05) is 29.4 Å². The Kier molecular flexibility index (Phi) is 6.28. The number of ether oxygens (including phenoxy) is 1. The van der Waals surface area contributed by atoms with Crippen molar-refractivity contribution in [2.45, 2.75) is 32.8 Å². The molecule has 0 radical (unpaired) electrons. The molecule has 0 saturated carbocycles. The lowest BCUT2D eigenvalue weighted by Gasteiger charge is -2.17. The first kappa shape index (κ1) is 19.2. The van der Waals surface area contributed by atoms with Gasteiger partial charge in [-0.15, -0.1) is 10.7 Å². The number of oxime groups is 1. The first-order chi connectivity index (χ1) is 13.1. The summed E-state index contributed by atoms with van der Waals surface area (Å²) in [5, 5.41) is 14.4. The predicted octanol–water partition coefficient (Wildman–Crippen LogP) is 3.28. The summed E-state index contributed by atoms with van der Waals surface area (Å²) in [5.41, 5.74) is 11.9. The SMILES string of the molecule is COc1cccc(NNN(C)O)c1CO/N=C(\C)c1cccc2c1CCC2. The second kappa shape index (κ2) is 8.85. The first-order valence-corrected chi connectivity index (χ1v) is 8.98. The summed E-state index contributed by atoms with van der Waals surface area (Å²) in [4.78, 5) is 5.65. The van der Waals surface area contributed by atoms with E-state index < -0.39 is 0 Å². The molecule has 2 aromatic rings. The van der Waals surface area contributed by atoms with Gasteiger partial charge >= 0.3 is 0 Å². The minimum Gasteiger partial charge on any atom is -0.496 e. The maximum atomic E-state index is 9.26. The highest BCUT2D eigenvalue weighted by Crippen LogP contribution is 2.28. The summed E-state index contributed by atoms with van der Waals surface area (Å²) in [6.45, 7) is 2.20. The zero-order valence-corrected chi connectivity index (χ0v) is 16.0. The number of nitrogens with one attached hydrogen (secondary N) is 2. The largest absolute Gasteiger partial charge is 0.496 e. The summed E-state index contributed by atoms with van der Waals surface area (Å²) < 4.78 is 5.42. The molecule has 7 nitrogen and oxygen atoms in total. The van der Waals surface area contributed by atoms with E-state index >= 15 is 0 Å². The van der Waals surface area contributed by atoms with Gasteiger partial charge in [0.05, 0.1) is 24.1 Å². The van der Waals surface area contributed by atoms with Crippen LogP contribution < -0.4 is 15.7 Å². The maximum absolute atomic E-state index is 9.26. The number of rotatable bonds is 8. The van der Waals surface area contributed by atoms with E-state index in [1.807, 2.05) is 25.1 Å². The Labute approximate surface area is 159 Å². The highest BCUT2D eigenvalue weighted by molar-refractivity contribution is 6.00. The third kappa shape index (κ3) is 4.57. The third-order valence-corrected chi connectivity index (χ3v) is 4.65. The third-order valence-electron chi connectivity index (χ3n) is 4.65. The summed E-state index contributed by atoms with van der Waals surface area (Å²) in [6.07, 6.45) is 3.43. The highest BCUT2D eigenvalue weighted by atomic mass is 16.6. The summed E-state index contributed by atoms with van der Waals surface area (Å²) in [5.74, 6) is 0.677. The van der Waals surface area contributed by atoms with E-state index in [4.69, 9.17) is 9.57 Å². The molecule has 0 aliphatic heterocycles. The lowest BCUT2D eigenvalue weighted by molar-refractivity contribution is -0.105. The van der Waals surface area contributed by atoms with Gasteiger partial charge in [0.15, 0.2) is 0 Å². The molecule has 144 valence electrons. The lowest BCUT2D eigenvalue weighted by Crippen LogP contribution is -2.36. The van der Waals surface area contributed by atoms with Crippen LogP contribution in [0.3, 0.4) is 0 Å². The van der Waals surface area contributed by atoms with Gasteiger partial charge in [-0.25, -0.2) is 0 Å². The molecule has 3 rings (SSSR count). The molecule has 0 spiro atoms. The summed E-state index contributed by atoms with van der Waals surface area (Å²) in [7, 11) is 3.07. The molecular formula is C20H26N4O3. The van der Waals surface area contributed by atoms with Crippen molar-refractivity contribution in [3.05, 3.63) is 58.7 Å². The Bertz CT molecular complexity index is 821. The van der Waals surface area contributed by atoms with Gasteiger partial charge in [-0.05, 0) is 49.4 Å². The van der Waals surface area contributed by atoms with Crippen molar-refractivity contribution in [1.29, 1.82) is 0 Å². The molecule has 0 amide bonds. The van der Waals surface area contributed by atoms with Crippen molar-refractivity contribution >= 4 is 11.4 Å². The molecule has 0 atom stereocenters. The van der Waals surface area contributed by atoms with Crippen LogP contribution in [0.4, 0.5) is 5.69 Å². The van der Waals surface area contributed by atoms with E-state index in [0.29, 0.717) is 5.75 Å². The monoisotopic (exact) mass is 370 g/mol. The van der Waals surface area contributed by atoms with Crippen molar-refractivity contribution < 1.29 is 14.8 Å². The van der Waals surface area contributed by atoms with Crippen LogP contribution in [-0.4, -0.2) is 30.2 Å². The van der Waals surface area contributed by atoms with Crippen LogP contribution in [0.25, 0.3) is 0 Å². The molecule has 2 aromatic carbocycles. The number of anilines is 1. The van der Waals surface area contributed by atoms with E-state index in [0.717, 1.165) is 40.5 Å². The quantitative estimate of drug-likeness (QED) is 0.489. The number of hydrogen-bond acceptors (Lipinski definition) is 7. The van der Waals surface area contributed by atoms with Gasteiger partial charge < -0.3 is 15.0 Å². The number of aryl methyl sites for hydroxylation is 1. The zero-order chi connectivity index (χ0) is 19.2. The zero-order valence-electron chi connectivity index (χ0n) is 16.0. The van der Waals surface area contributed by atoms with E-state index in [1.54, 1.807) is 7.11 Å². The Hall–Kier alpha value is -2.61. The van der Waals surface area contributed by atoms with Crippen molar-refractivity contribution in [2.75, 3.05) is 19.6 Å². The number of hydrogen-bond donors (Lipinski definition) is 3. The maximum Gasteiger partial charge on any atom is 0.147 e. The Morgan fingerprint density at radius 2 is 2.04 bits per heavy atom. The summed E-state index contributed by atoms with van der Waals surface area (Å²) in [6, 6.07) is 11.9. The first-order valence-electron chi connectivity index (χ1n) is 8.98. The van der Waals surface area contributed by atoms with Crippen LogP contribution in [0.2, 0.25) is 0 Å². The molecule has 0 bridgehead atoms. The minimum atomic E-state index is 0.232. The fraction of sp³-hybridized carbons (Fsp3) is 0.350. The smallest absolute Gasteiger partial charge is 0.147 e. The molecule has 7 heteroatoms. The number of methoxy groups -OCH3 is 1. The molecule has 0 unspecified atom stereocenters. The Balaban J connectivity index is 1.74. The van der Waals surface area contributed by atoms with Crippen LogP contribution in [0.15, 0.2) is 41.6 Å². The van der Waals surface area contributed by atoms with E-state index in [1.165, 1.54) is 24.6 Å². The fourth-order valence-corrected chi connectivity index (χ4v) is 3.37. The average molecular weight is 370 g/mol. The molecule has 0 aromatic heterocycles. The molecule has 1 aliphatic carbocycles. The molecule has 1 aliphatic rings.